The number of nitrogens with zero attached hydrogens (tertiary/aromatic N) is 2. The molecule has 1 N–H and O–H groups in total. The number of hydrogen-bond donors (Lipinski definition) is 1. The van der Waals surface area contributed by atoms with Crippen LogP contribution in [-0.2, 0) is 7.05 Å². The normalized spacial score (nSPS) is 10.3. The third-order valence-corrected chi connectivity index (χ3v) is 2.63. The van der Waals surface area contributed by atoms with Gasteiger partial charge in [-0.2, -0.15) is 0 Å². The highest BCUT2D eigenvalue weighted by molar-refractivity contribution is 9.10. The second kappa shape index (κ2) is 4.06. The molecule has 2 rings (SSSR count). The van der Waals surface area contributed by atoms with E-state index in [1.807, 2.05) is 49.0 Å². The Morgan fingerprint density at radius 1 is 1.27 bits per heavy atom. The number of benzene rings is 1. The van der Waals surface area contributed by atoms with Crippen molar-refractivity contribution < 1.29 is 0 Å². The van der Waals surface area contributed by atoms with Crippen LogP contribution in [0.5, 0.6) is 0 Å². The van der Waals surface area contributed by atoms with E-state index in [0.29, 0.717) is 0 Å². The summed E-state index contributed by atoms with van der Waals surface area (Å²) in [6.45, 7) is 1.98. The zero-order valence-corrected chi connectivity index (χ0v) is 10.2. The molecule has 0 aliphatic heterocycles. The molecular formula is C11H12BrN3. The largest absolute Gasteiger partial charge is 0.326 e. The van der Waals surface area contributed by atoms with Gasteiger partial charge >= 0.3 is 0 Å². The lowest BCUT2D eigenvalue weighted by atomic mass is 10.3. The molecule has 0 radical (unpaired) electrons. The summed E-state index contributed by atoms with van der Waals surface area (Å²) in [4.78, 5) is 4.37. The summed E-state index contributed by atoms with van der Waals surface area (Å²) in [5, 5.41) is 3.25. The summed E-state index contributed by atoms with van der Waals surface area (Å²) in [5.74, 6) is 0.856. The Kier molecular flexibility index (Phi) is 2.77. The van der Waals surface area contributed by atoms with E-state index >= 15 is 0 Å². The second-order valence-corrected chi connectivity index (χ2v) is 4.36. The highest BCUT2D eigenvalue weighted by Crippen LogP contribution is 2.18. The fourth-order valence-corrected chi connectivity index (χ4v) is 1.66. The topological polar surface area (TPSA) is 29.9 Å². The number of halogens is 1. The quantitative estimate of drug-likeness (QED) is 0.904. The zero-order valence-electron chi connectivity index (χ0n) is 8.66. The molecule has 15 heavy (non-hydrogen) atoms. The first-order chi connectivity index (χ1) is 7.15. The molecule has 78 valence electrons. The minimum atomic E-state index is 0.856. The number of rotatable bonds is 2. The molecule has 0 unspecified atom stereocenters. The van der Waals surface area contributed by atoms with Crippen LogP contribution in [0.2, 0.25) is 0 Å². The fraction of sp³-hybridized carbons (Fsp3) is 0.182. The van der Waals surface area contributed by atoms with Crippen LogP contribution in [-0.4, -0.2) is 9.55 Å². The maximum atomic E-state index is 4.37. The number of aryl methyl sites for hydroxylation is 2. The van der Waals surface area contributed by atoms with Gasteiger partial charge in [0.05, 0.1) is 5.69 Å². The molecule has 0 aliphatic carbocycles. The van der Waals surface area contributed by atoms with Crippen LogP contribution in [0.15, 0.2) is 34.9 Å². The lowest BCUT2D eigenvalue weighted by molar-refractivity contribution is 0.924. The van der Waals surface area contributed by atoms with Gasteiger partial charge in [-0.15, -0.1) is 0 Å². The van der Waals surface area contributed by atoms with Crippen molar-refractivity contribution in [3.8, 4) is 0 Å². The highest BCUT2D eigenvalue weighted by atomic mass is 79.9. The van der Waals surface area contributed by atoms with Crippen LogP contribution < -0.4 is 5.32 Å². The van der Waals surface area contributed by atoms with Crippen LogP contribution in [0.3, 0.4) is 0 Å². The third kappa shape index (κ3) is 2.39. The molecule has 0 saturated heterocycles. The Hall–Kier alpha value is -1.29. The summed E-state index contributed by atoms with van der Waals surface area (Å²) < 4.78 is 3.04. The molecule has 1 aromatic carbocycles. The van der Waals surface area contributed by atoms with Gasteiger partial charge in [0.15, 0.2) is 0 Å². The Labute approximate surface area is 97.3 Å². The van der Waals surface area contributed by atoms with Crippen molar-refractivity contribution in [1.82, 2.24) is 9.55 Å². The first-order valence-corrected chi connectivity index (χ1v) is 5.47. The number of anilines is 2. The number of nitrogens with one attached hydrogen (secondary N) is 1. The van der Waals surface area contributed by atoms with Crippen molar-refractivity contribution in [2.45, 2.75) is 6.92 Å². The van der Waals surface area contributed by atoms with Crippen LogP contribution in [0.1, 0.15) is 5.69 Å². The minimum Gasteiger partial charge on any atom is -0.326 e. The van der Waals surface area contributed by atoms with Crippen molar-refractivity contribution >= 4 is 27.6 Å². The molecule has 0 fully saturated rings. The maximum absolute atomic E-state index is 4.37. The molecule has 0 saturated carbocycles. The van der Waals surface area contributed by atoms with Gasteiger partial charge in [0, 0.05) is 23.4 Å². The van der Waals surface area contributed by atoms with Crippen LogP contribution in [0.25, 0.3) is 0 Å². The predicted octanol–water partition coefficient (Wildman–Crippen LogP) is 3.23. The van der Waals surface area contributed by atoms with Crippen molar-refractivity contribution in [3.05, 3.63) is 40.6 Å². The van der Waals surface area contributed by atoms with E-state index in [9.17, 15) is 0 Å². The van der Waals surface area contributed by atoms with E-state index in [1.165, 1.54) is 0 Å². The van der Waals surface area contributed by atoms with E-state index in [0.717, 1.165) is 21.8 Å². The van der Waals surface area contributed by atoms with Crippen molar-refractivity contribution in [2.75, 3.05) is 5.32 Å². The highest BCUT2D eigenvalue weighted by Gasteiger charge is 2.01. The second-order valence-electron chi connectivity index (χ2n) is 3.45. The van der Waals surface area contributed by atoms with Gasteiger partial charge in [0.2, 0.25) is 5.95 Å². The number of aromatic nitrogens is 2. The zero-order chi connectivity index (χ0) is 10.8. The maximum Gasteiger partial charge on any atom is 0.207 e. The summed E-state index contributed by atoms with van der Waals surface area (Å²) in [6.07, 6.45) is 1.99. The minimum absolute atomic E-state index is 0.856. The molecule has 0 amide bonds. The monoisotopic (exact) mass is 265 g/mol. The van der Waals surface area contributed by atoms with Gasteiger partial charge in [0.25, 0.3) is 0 Å². The molecule has 2 aromatic rings. The smallest absolute Gasteiger partial charge is 0.207 e. The molecule has 4 heteroatoms. The molecule has 3 nitrogen and oxygen atoms in total. The fourth-order valence-electron chi connectivity index (χ4n) is 1.39. The lowest BCUT2D eigenvalue weighted by Gasteiger charge is -2.05. The molecule has 1 aromatic heterocycles. The first kappa shape index (κ1) is 10.2. The molecule has 0 bridgehead atoms. The summed E-state index contributed by atoms with van der Waals surface area (Å²) in [5.41, 5.74) is 2.05. The summed E-state index contributed by atoms with van der Waals surface area (Å²) in [6, 6.07) is 8.01. The molecule has 0 atom stereocenters. The predicted molar refractivity (Wildman–Crippen MR) is 65.4 cm³/mol. The van der Waals surface area contributed by atoms with Crippen molar-refractivity contribution in [2.24, 2.45) is 7.05 Å². The standard InChI is InChI=1S/C11H12BrN3/c1-8-7-15(2)11(13-8)14-10-5-3-9(12)4-6-10/h3-7H,1-2H3,(H,13,14). The van der Waals surface area contributed by atoms with E-state index in [4.69, 9.17) is 0 Å². The average molecular weight is 266 g/mol. The van der Waals surface area contributed by atoms with Crippen molar-refractivity contribution in [1.29, 1.82) is 0 Å². The van der Waals surface area contributed by atoms with Gasteiger partial charge in [-0.25, -0.2) is 4.98 Å². The van der Waals surface area contributed by atoms with Gasteiger partial charge in [-0.3, -0.25) is 0 Å². The molecule has 1 heterocycles. The van der Waals surface area contributed by atoms with E-state index < -0.39 is 0 Å². The number of hydrogen-bond acceptors (Lipinski definition) is 2. The average Bonchev–Trinajstić information content (AvgIpc) is 2.49. The van der Waals surface area contributed by atoms with Crippen LogP contribution in [0, 0.1) is 6.92 Å². The number of imidazole rings is 1. The van der Waals surface area contributed by atoms with Gasteiger partial charge < -0.3 is 9.88 Å². The first-order valence-electron chi connectivity index (χ1n) is 4.68. The van der Waals surface area contributed by atoms with Gasteiger partial charge in [0.1, 0.15) is 0 Å². The summed E-state index contributed by atoms with van der Waals surface area (Å²) in [7, 11) is 1.97. The molecule has 0 spiro atoms. The Morgan fingerprint density at radius 3 is 2.47 bits per heavy atom. The third-order valence-electron chi connectivity index (χ3n) is 2.10. The Bertz CT molecular complexity index is 459. The van der Waals surface area contributed by atoms with E-state index in [1.54, 1.807) is 0 Å². The molecule has 0 aliphatic rings. The summed E-state index contributed by atoms with van der Waals surface area (Å²) >= 11 is 3.40. The Morgan fingerprint density at radius 2 is 1.93 bits per heavy atom. The van der Waals surface area contributed by atoms with Crippen molar-refractivity contribution in [3.63, 3.8) is 0 Å². The van der Waals surface area contributed by atoms with E-state index in [-0.39, 0.29) is 0 Å². The van der Waals surface area contributed by atoms with Gasteiger partial charge in [-0.05, 0) is 31.2 Å². The van der Waals surface area contributed by atoms with Crippen LogP contribution in [0.4, 0.5) is 11.6 Å². The van der Waals surface area contributed by atoms with E-state index in [2.05, 4.69) is 26.2 Å². The molecular weight excluding hydrogens is 254 g/mol. The SMILES string of the molecule is Cc1cn(C)c(Nc2ccc(Br)cc2)n1. The lowest BCUT2D eigenvalue weighted by Crippen LogP contribution is -1.97. The Balaban J connectivity index is 2.21. The van der Waals surface area contributed by atoms with Gasteiger partial charge in [-0.1, -0.05) is 15.9 Å². The van der Waals surface area contributed by atoms with Crippen LogP contribution >= 0.6 is 15.9 Å².